The zero-order chi connectivity index (χ0) is 16.0. The molecule has 2 aromatic rings. The largest absolute Gasteiger partial charge is 0.339 e. The molecule has 0 N–H and O–H groups in total. The number of imidazole rings is 1. The third kappa shape index (κ3) is 2.90. The summed E-state index contributed by atoms with van der Waals surface area (Å²) in [7, 11) is 0. The smallest absolute Gasteiger partial charge is 0.236 e. The van der Waals surface area contributed by atoms with Gasteiger partial charge in [0.2, 0.25) is 5.91 Å². The van der Waals surface area contributed by atoms with Crippen molar-refractivity contribution in [1.29, 1.82) is 0 Å². The summed E-state index contributed by atoms with van der Waals surface area (Å²) in [5.41, 5.74) is 3.59. The third-order valence-electron chi connectivity index (χ3n) is 4.52. The minimum absolute atomic E-state index is 0.0163. The van der Waals surface area contributed by atoms with Crippen molar-refractivity contribution in [1.82, 2.24) is 14.5 Å². The molecule has 4 nitrogen and oxygen atoms in total. The van der Waals surface area contributed by atoms with E-state index in [-0.39, 0.29) is 5.25 Å². The van der Waals surface area contributed by atoms with Gasteiger partial charge in [-0.25, -0.2) is 4.98 Å². The molecule has 2 aliphatic rings. The average Bonchev–Trinajstić information content (AvgIpc) is 3.12. The van der Waals surface area contributed by atoms with E-state index in [1.807, 2.05) is 12.4 Å². The molecule has 2 fully saturated rings. The lowest BCUT2D eigenvalue weighted by atomic mass is 10.1. The van der Waals surface area contributed by atoms with Gasteiger partial charge in [0.15, 0.2) is 5.16 Å². The van der Waals surface area contributed by atoms with Crippen molar-refractivity contribution in [3.8, 4) is 5.69 Å². The number of nitrogens with zero attached hydrogens (tertiary/aromatic N) is 3. The van der Waals surface area contributed by atoms with Gasteiger partial charge in [-0.05, 0) is 56.4 Å². The molecular weight excluding hydrogens is 306 g/mol. The lowest BCUT2D eigenvalue weighted by Crippen LogP contribution is -2.30. The number of benzene rings is 1. The molecule has 1 aromatic carbocycles. The summed E-state index contributed by atoms with van der Waals surface area (Å²) in [5.74, 6) is 0.299. The Bertz CT molecular complexity index is 730. The van der Waals surface area contributed by atoms with Gasteiger partial charge in [0, 0.05) is 30.7 Å². The SMILES string of the molecule is Cc1cc(C)cc(-n2ccnc2S[C@@H]2CCN(C3CC3)C2=O)c1. The zero-order valence-electron chi connectivity index (χ0n) is 13.5. The molecule has 1 aliphatic heterocycles. The molecule has 0 bridgehead atoms. The molecule has 1 aliphatic carbocycles. The molecule has 1 aromatic heterocycles. The van der Waals surface area contributed by atoms with Gasteiger partial charge in [0.05, 0.1) is 5.25 Å². The molecule has 4 rings (SSSR count). The molecule has 1 atom stereocenters. The molecule has 2 heterocycles. The molecular formula is C18H21N3OS. The molecule has 0 radical (unpaired) electrons. The molecule has 1 saturated carbocycles. The van der Waals surface area contributed by atoms with E-state index in [0.29, 0.717) is 11.9 Å². The van der Waals surface area contributed by atoms with E-state index in [1.165, 1.54) is 24.0 Å². The lowest BCUT2D eigenvalue weighted by Gasteiger charge is -2.15. The Kier molecular flexibility index (Phi) is 3.68. The summed E-state index contributed by atoms with van der Waals surface area (Å²) in [4.78, 5) is 19.1. The number of carbonyl (C=O) groups excluding carboxylic acids is 1. The molecule has 23 heavy (non-hydrogen) atoms. The van der Waals surface area contributed by atoms with Gasteiger partial charge in [-0.3, -0.25) is 9.36 Å². The summed E-state index contributed by atoms with van der Waals surface area (Å²) >= 11 is 1.61. The first-order valence-corrected chi connectivity index (χ1v) is 9.09. The Balaban J connectivity index is 1.57. The number of thioether (sulfide) groups is 1. The number of likely N-dealkylation sites (tertiary alicyclic amines) is 1. The highest BCUT2D eigenvalue weighted by molar-refractivity contribution is 8.00. The first kappa shape index (κ1) is 14.8. The van der Waals surface area contributed by atoms with Gasteiger partial charge in [-0.2, -0.15) is 0 Å². The van der Waals surface area contributed by atoms with Crippen LogP contribution in [0, 0.1) is 13.8 Å². The molecule has 1 amide bonds. The van der Waals surface area contributed by atoms with E-state index in [9.17, 15) is 4.79 Å². The standard InChI is InChI=1S/C18H21N3OS/c1-12-9-13(2)11-15(10-12)21-8-6-19-18(21)23-16-5-7-20(17(16)22)14-3-4-14/h6,8-11,14,16H,3-5,7H2,1-2H3/t16-/m1/s1. The third-order valence-corrected chi connectivity index (χ3v) is 5.75. The van der Waals surface area contributed by atoms with Crippen LogP contribution < -0.4 is 0 Å². The van der Waals surface area contributed by atoms with Crippen LogP contribution in [-0.4, -0.2) is 38.2 Å². The number of hydrogen-bond donors (Lipinski definition) is 0. The predicted octanol–water partition coefficient (Wildman–Crippen LogP) is 3.34. The summed E-state index contributed by atoms with van der Waals surface area (Å²) in [6.45, 7) is 5.12. The van der Waals surface area contributed by atoms with Crippen LogP contribution in [0.5, 0.6) is 0 Å². The van der Waals surface area contributed by atoms with Crippen LogP contribution in [-0.2, 0) is 4.79 Å². The quantitative estimate of drug-likeness (QED) is 0.864. The maximum atomic E-state index is 12.5. The molecule has 0 unspecified atom stereocenters. The fourth-order valence-electron chi connectivity index (χ4n) is 3.32. The van der Waals surface area contributed by atoms with Gasteiger partial charge < -0.3 is 4.90 Å². The number of carbonyl (C=O) groups is 1. The number of rotatable bonds is 4. The van der Waals surface area contributed by atoms with Crippen LogP contribution in [0.25, 0.3) is 5.69 Å². The van der Waals surface area contributed by atoms with Crippen LogP contribution in [0.3, 0.4) is 0 Å². The number of aromatic nitrogens is 2. The molecule has 0 spiro atoms. The Morgan fingerprint density at radius 2 is 1.87 bits per heavy atom. The van der Waals surface area contributed by atoms with Crippen molar-refractivity contribution in [2.24, 2.45) is 0 Å². The van der Waals surface area contributed by atoms with Crippen molar-refractivity contribution in [3.63, 3.8) is 0 Å². The maximum Gasteiger partial charge on any atom is 0.236 e. The van der Waals surface area contributed by atoms with Gasteiger partial charge in [-0.15, -0.1) is 0 Å². The average molecular weight is 327 g/mol. The number of hydrogen-bond acceptors (Lipinski definition) is 3. The predicted molar refractivity (Wildman–Crippen MR) is 92.0 cm³/mol. The molecule has 120 valence electrons. The lowest BCUT2D eigenvalue weighted by molar-refractivity contribution is -0.127. The van der Waals surface area contributed by atoms with E-state index >= 15 is 0 Å². The van der Waals surface area contributed by atoms with Crippen molar-refractivity contribution in [2.75, 3.05) is 6.54 Å². The minimum Gasteiger partial charge on any atom is -0.339 e. The number of aryl methyl sites for hydroxylation is 2. The summed E-state index contributed by atoms with van der Waals surface area (Å²) in [5, 5.41) is 0.925. The van der Waals surface area contributed by atoms with Crippen molar-refractivity contribution in [2.45, 2.75) is 49.6 Å². The highest BCUT2D eigenvalue weighted by Crippen LogP contribution is 2.36. The van der Waals surface area contributed by atoms with Crippen molar-refractivity contribution >= 4 is 17.7 Å². The Morgan fingerprint density at radius 3 is 2.57 bits per heavy atom. The fraction of sp³-hybridized carbons (Fsp3) is 0.444. The first-order chi connectivity index (χ1) is 11.1. The van der Waals surface area contributed by atoms with E-state index < -0.39 is 0 Å². The maximum absolute atomic E-state index is 12.5. The van der Waals surface area contributed by atoms with Crippen LogP contribution in [0.4, 0.5) is 0 Å². The summed E-state index contributed by atoms with van der Waals surface area (Å²) in [6.07, 6.45) is 7.09. The van der Waals surface area contributed by atoms with Crippen molar-refractivity contribution in [3.05, 3.63) is 41.7 Å². The number of amides is 1. The Morgan fingerprint density at radius 1 is 1.13 bits per heavy atom. The van der Waals surface area contributed by atoms with Crippen LogP contribution >= 0.6 is 11.8 Å². The second-order valence-corrected chi connectivity index (χ2v) is 7.75. The monoisotopic (exact) mass is 327 g/mol. The normalized spacial score (nSPS) is 21.2. The van der Waals surface area contributed by atoms with Gasteiger partial charge >= 0.3 is 0 Å². The van der Waals surface area contributed by atoms with Gasteiger partial charge in [0.25, 0.3) is 0 Å². The zero-order valence-corrected chi connectivity index (χ0v) is 14.3. The summed E-state index contributed by atoms with van der Waals surface area (Å²) in [6, 6.07) is 7.01. The Hall–Kier alpha value is -1.75. The van der Waals surface area contributed by atoms with Crippen LogP contribution in [0.2, 0.25) is 0 Å². The second kappa shape index (κ2) is 5.71. The topological polar surface area (TPSA) is 38.1 Å². The van der Waals surface area contributed by atoms with Crippen LogP contribution in [0.1, 0.15) is 30.4 Å². The van der Waals surface area contributed by atoms with E-state index in [0.717, 1.165) is 23.8 Å². The minimum atomic E-state index is 0.0163. The highest BCUT2D eigenvalue weighted by Gasteiger charge is 2.41. The van der Waals surface area contributed by atoms with Gasteiger partial charge in [-0.1, -0.05) is 17.8 Å². The fourth-order valence-corrected chi connectivity index (χ4v) is 4.44. The highest BCUT2D eigenvalue weighted by atomic mass is 32.2. The van der Waals surface area contributed by atoms with E-state index in [2.05, 4.69) is 46.5 Å². The van der Waals surface area contributed by atoms with Crippen LogP contribution in [0.15, 0.2) is 35.7 Å². The van der Waals surface area contributed by atoms with E-state index in [4.69, 9.17) is 0 Å². The van der Waals surface area contributed by atoms with E-state index in [1.54, 1.807) is 11.8 Å². The first-order valence-electron chi connectivity index (χ1n) is 8.21. The molecule has 1 saturated heterocycles. The second-order valence-electron chi connectivity index (χ2n) is 6.58. The van der Waals surface area contributed by atoms with Gasteiger partial charge in [0.1, 0.15) is 0 Å². The van der Waals surface area contributed by atoms with Crippen molar-refractivity contribution < 1.29 is 4.79 Å². The summed E-state index contributed by atoms with van der Waals surface area (Å²) < 4.78 is 2.09. The Labute approximate surface area is 140 Å². The molecule has 5 heteroatoms.